The molecule has 0 saturated carbocycles. The fraction of sp³-hybridized carbons (Fsp3) is 0.286. The lowest BCUT2D eigenvalue weighted by atomic mass is 10.2. The first-order valence-corrected chi connectivity index (χ1v) is 3.58. The monoisotopic (exact) mass is 183 g/mol. The van der Waals surface area contributed by atoms with Crippen molar-refractivity contribution in [1.82, 2.24) is 10.1 Å². The zero-order valence-electron chi connectivity index (χ0n) is 6.80. The Labute approximate surface area is 74.0 Å². The number of hydrogen-bond donors (Lipinski definition) is 2. The largest absolute Gasteiger partial charge is 0.475 e. The Morgan fingerprint density at radius 2 is 2.54 bits per heavy atom. The minimum Gasteiger partial charge on any atom is -0.475 e. The van der Waals surface area contributed by atoms with Crippen molar-refractivity contribution < 1.29 is 14.4 Å². The topological polar surface area (TPSA) is 102 Å². The number of aromatic carboxylic acids is 1. The van der Waals surface area contributed by atoms with Crippen LogP contribution in [0.25, 0.3) is 0 Å². The van der Waals surface area contributed by atoms with Crippen LogP contribution in [-0.4, -0.2) is 21.2 Å². The van der Waals surface area contributed by atoms with Crippen molar-refractivity contribution in [2.75, 3.05) is 0 Å². The molecule has 0 spiro atoms. The average molecular weight is 183 g/mol. The van der Waals surface area contributed by atoms with E-state index < -0.39 is 12.0 Å². The van der Waals surface area contributed by atoms with Crippen LogP contribution in [0, 0.1) is 0 Å². The van der Waals surface area contributed by atoms with Gasteiger partial charge in [0.25, 0.3) is 5.82 Å². The zero-order chi connectivity index (χ0) is 9.84. The summed E-state index contributed by atoms with van der Waals surface area (Å²) >= 11 is 0. The first kappa shape index (κ1) is 9.40. The Kier molecular flexibility index (Phi) is 2.76. The van der Waals surface area contributed by atoms with Gasteiger partial charge in [0.1, 0.15) is 0 Å². The molecule has 0 radical (unpaired) electrons. The third kappa shape index (κ3) is 2.12. The lowest BCUT2D eigenvalue weighted by Crippen LogP contribution is -2.10. The van der Waals surface area contributed by atoms with E-state index in [1.54, 1.807) is 6.08 Å². The van der Waals surface area contributed by atoms with E-state index in [0.29, 0.717) is 6.42 Å². The number of nitrogens with zero attached hydrogens (tertiary/aromatic N) is 2. The summed E-state index contributed by atoms with van der Waals surface area (Å²) in [6, 6.07) is -0.488. The van der Waals surface area contributed by atoms with Crippen LogP contribution in [0.2, 0.25) is 0 Å². The highest BCUT2D eigenvalue weighted by Crippen LogP contribution is 2.11. The molecular formula is C7H9N3O3. The second-order valence-electron chi connectivity index (χ2n) is 2.39. The molecule has 0 aliphatic rings. The molecule has 1 rings (SSSR count). The van der Waals surface area contributed by atoms with Gasteiger partial charge in [-0.3, -0.25) is 0 Å². The minimum atomic E-state index is -1.24. The summed E-state index contributed by atoms with van der Waals surface area (Å²) in [5.74, 6) is -1.51. The average Bonchev–Trinajstić information content (AvgIpc) is 2.52. The quantitative estimate of drug-likeness (QED) is 0.652. The molecule has 1 aromatic heterocycles. The van der Waals surface area contributed by atoms with Gasteiger partial charge in [0.05, 0.1) is 6.04 Å². The first-order chi connectivity index (χ1) is 6.15. The highest BCUT2D eigenvalue weighted by molar-refractivity contribution is 5.82. The van der Waals surface area contributed by atoms with Crippen LogP contribution in [0.15, 0.2) is 17.2 Å². The molecule has 70 valence electrons. The Hall–Kier alpha value is -1.69. The van der Waals surface area contributed by atoms with E-state index in [4.69, 9.17) is 10.8 Å². The number of hydrogen-bond acceptors (Lipinski definition) is 5. The van der Waals surface area contributed by atoms with Gasteiger partial charge in [-0.2, -0.15) is 4.98 Å². The SMILES string of the molecule is C=CCC(N)c1nc(C(=O)O)no1. The lowest BCUT2D eigenvalue weighted by molar-refractivity contribution is 0.0680. The predicted octanol–water partition coefficient (Wildman–Crippen LogP) is 0.344. The van der Waals surface area contributed by atoms with Gasteiger partial charge in [-0.05, 0) is 11.6 Å². The maximum absolute atomic E-state index is 10.3. The van der Waals surface area contributed by atoms with Gasteiger partial charge < -0.3 is 15.4 Å². The molecular weight excluding hydrogens is 174 g/mol. The van der Waals surface area contributed by atoms with Crippen molar-refractivity contribution in [2.24, 2.45) is 5.73 Å². The second-order valence-corrected chi connectivity index (χ2v) is 2.39. The Morgan fingerprint density at radius 1 is 1.85 bits per heavy atom. The molecule has 6 heteroatoms. The van der Waals surface area contributed by atoms with Crippen molar-refractivity contribution in [2.45, 2.75) is 12.5 Å². The standard InChI is InChI=1S/C7H9N3O3/c1-2-3-4(8)6-9-5(7(11)12)10-13-6/h2,4H,1,3,8H2,(H,11,12). The Bertz CT molecular complexity index is 321. The van der Waals surface area contributed by atoms with Crippen molar-refractivity contribution in [1.29, 1.82) is 0 Å². The van der Waals surface area contributed by atoms with Gasteiger partial charge >= 0.3 is 5.97 Å². The van der Waals surface area contributed by atoms with Crippen LogP contribution >= 0.6 is 0 Å². The highest BCUT2D eigenvalue weighted by atomic mass is 16.5. The van der Waals surface area contributed by atoms with Gasteiger partial charge in [-0.15, -0.1) is 6.58 Å². The molecule has 0 aromatic carbocycles. The van der Waals surface area contributed by atoms with E-state index in [2.05, 4.69) is 21.2 Å². The van der Waals surface area contributed by atoms with Gasteiger partial charge in [-0.25, -0.2) is 4.79 Å². The third-order valence-corrected chi connectivity index (χ3v) is 1.37. The summed E-state index contributed by atoms with van der Waals surface area (Å²) in [5.41, 5.74) is 5.56. The van der Waals surface area contributed by atoms with Crippen LogP contribution in [0.5, 0.6) is 0 Å². The molecule has 3 N–H and O–H groups in total. The molecule has 0 fully saturated rings. The molecule has 6 nitrogen and oxygen atoms in total. The Morgan fingerprint density at radius 3 is 3.00 bits per heavy atom. The summed E-state index contributed by atoms with van der Waals surface area (Å²) in [5, 5.41) is 11.7. The van der Waals surface area contributed by atoms with E-state index >= 15 is 0 Å². The van der Waals surface area contributed by atoms with E-state index in [-0.39, 0.29) is 11.7 Å². The van der Waals surface area contributed by atoms with Crippen LogP contribution in [0.3, 0.4) is 0 Å². The van der Waals surface area contributed by atoms with Crippen molar-refractivity contribution in [3.05, 3.63) is 24.4 Å². The number of aromatic nitrogens is 2. The summed E-state index contributed by atoms with van der Waals surface area (Å²) in [7, 11) is 0. The molecule has 0 aliphatic heterocycles. The third-order valence-electron chi connectivity index (χ3n) is 1.37. The maximum Gasteiger partial charge on any atom is 0.377 e. The number of carboxylic acids is 1. The molecule has 13 heavy (non-hydrogen) atoms. The molecule has 1 aromatic rings. The van der Waals surface area contributed by atoms with Crippen LogP contribution in [0.4, 0.5) is 0 Å². The number of nitrogens with two attached hydrogens (primary N) is 1. The first-order valence-electron chi connectivity index (χ1n) is 3.58. The van der Waals surface area contributed by atoms with Crippen molar-refractivity contribution in [3.63, 3.8) is 0 Å². The summed E-state index contributed by atoms with van der Waals surface area (Å²) in [6.07, 6.45) is 2.05. The van der Waals surface area contributed by atoms with E-state index in [1.165, 1.54) is 0 Å². The Balaban J connectivity index is 2.78. The summed E-state index contributed by atoms with van der Waals surface area (Å²) in [4.78, 5) is 13.9. The van der Waals surface area contributed by atoms with Crippen LogP contribution in [-0.2, 0) is 0 Å². The number of carboxylic acid groups (broad SMARTS) is 1. The molecule has 1 heterocycles. The van der Waals surface area contributed by atoms with E-state index in [0.717, 1.165) is 0 Å². The van der Waals surface area contributed by atoms with Gasteiger partial charge in [0, 0.05) is 0 Å². The number of carbonyl (C=O) groups is 1. The second kappa shape index (κ2) is 3.81. The fourth-order valence-electron chi connectivity index (χ4n) is 0.753. The van der Waals surface area contributed by atoms with Gasteiger partial charge in [-0.1, -0.05) is 6.08 Å². The normalized spacial score (nSPS) is 12.4. The lowest BCUT2D eigenvalue weighted by Gasteiger charge is -1.99. The van der Waals surface area contributed by atoms with E-state index in [9.17, 15) is 4.79 Å². The highest BCUT2D eigenvalue weighted by Gasteiger charge is 2.16. The molecule has 0 aliphatic carbocycles. The molecule has 1 unspecified atom stereocenters. The van der Waals surface area contributed by atoms with Crippen molar-refractivity contribution in [3.8, 4) is 0 Å². The molecule has 0 amide bonds. The fourth-order valence-corrected chi connectivity index (χ4v) is 0.753. The molecule has 0 saturated heterocycles. The molecule has 1 atom stereocenters. The predicted molar refractivity (Wildman–Crippen MR) is 43.0 cm³/mol. The smallest absolute Gasteiger partial charge is 0.377 e. The summed E-state index contributed by atoms with van der Waals surface area (Å²) < 4.78 is 4.63. The zero-order valence-corrected chi connectivity index (χ0v) is 6.80. The minimum absolute atomic E-state index is 0.109. The summed E-state index contributed by atoms with van der Waals surface area (Å²) in [6.45, 7) is 3.48. The van der Waals surface area contributed by atoms with Crippen LogP contribution < -0.4 is 5.73 Å². The maximum atomic E-state index is 10.3. The van der Waals surface area contributed by atoms with Crippen LogP contribution in [0.1, 0.15) is 29.0 Å². The van der Waals surface area contributed by atoms with Gasteiger partial charge in [0.2, 0.25) is 5.89 Å². The number of rotatable bonds is 4. The van der Waals surface area contributed by atoms with E-state index in [1.807, 2.05) is 0 Å². The van der Waals surface area contributed by atoms with Crippen molar-refractivity contribution >= 4 is 5.97 Å². The van der Waals surface area contributed by atoms with Gasteiger partial charge in [0.15, 0.2) is 0 Å². The molecule has 0 bridgehead atoms.